The summed E-state index contributed by atoms with van der Waals surface area (Å²) in [5.74, 6) is 0.793. The number of rotatable bonds is 2. The summed E-state index contributed by atoms with van der Waals surface area (Å²) in [7, 11) is 2.08. The van der Waals surface area contributed by atoms with Crippen LogP contribution in [0.3, 0.4) is 0 Å². The molecule has 0 saturated heterocycles. The zero-order valence-corrected chi connectivity index (χ0v) is 11.6. The molecule has 2 unspecified atom stereocenters. The summed E-state index contributed by atoms with van der Waals surface area (Å²) in [5, 5.41) is 0. The van der Waals surface area contributed by atoms with Crippen LogP contribution < -0.4 is 10.6 Å². The molecule has 1 fully saturated rings. The van der Waals surface area contributed by atoms with Crippen LogP contribution in [0.2, 0.25) is 0 Å². The second-order valence-corrected chi connectivity index (χ2v) is 5.76. The minimum absolute atomic E-state index is 0.536. The van der Waals surface area contributed by atoms with Crippen molar-refractivity contribution in [2.45, 2.75) is 38.6 Å². The van der Waals surface area contributed by atoms with Crippen molar-refractivity contribution >= 4 is 22.8 Å². The first-order chi connectivity index (χ1) is 9.13. The molecule has 2 aromatic rings. The summed E-state index contributed by atoms with van der Waals surface area (Å²) >= 11 is 0. The Kier molecular flexibility index (Phi) is 3.09. The predicted octanol–water partition coefficient (Wildman–Crippen LogP) is 3.42. The molecule has 1 aromatic carbocycles. The second-order valence-electron chi connectivity index (χ2n) is 5.76. The van der Waals surface area contributed by atoms with Gasteiger partial charge in [0.25, 0.3) is 6.01 Å². The molecular formula is C15H21N3O. The highest BCUT2D eigenvalue weighted by atomic mass is 16.4. The van der Waals surface area contributed by atoms with Crippen molar-refractivity contribution in [3.8, 4) is 0 Å². The number of aromatic nitrogens is 1. The van der Waals surface area contributed by atoms with Gasteiger partial charge in [0.05, 0.1) is 0 Å². The number of hydrogen-bond donors (Lipinski definition) is 1. The van der Waals surface area contributed by atoms with Crippen LogP contribution in [0.5, 0.6) is 0 Å². The number of hydrogen-bond acceptors (Lipinski definition) is 4. The number of benzene rings is 1. The van der Waals surface area contributed by atoms with Gasteiger partial charge in [0.1, 0.15) is 5.52 Å². The molecule has 4 nitrogen and oxygen atoms in total. The van der Waals surface area contributed by atoms with Crippen LogP contribution in [0, 0.1) is 5.92 Å². The Hall–Kier alpha value is -1.71. The van der Waals surface area contributed by atoms with Crippen molar-refractivity contribution in [3.05, 3.63) is 18.2 Å². The zero-order valence-electron chi connectivity index (χ0n) is 11.6. The third-order valence-electron chi connectivity index (χ3n) is 4.16. The summed E-state index contributed by atoms with van der Waals surface area (Å²) in [6, 6.07) is 6.85. The maximum absolute atomic E-state index is 5.83. The van der Waals surface area contributed by atoms with Crippen molar-refractivity contribution in [2.75, 3.05) is 17.7 Å². The first-order valence-electron chi connectivity index (χ1n) is 7.02. The lowest BCUT2D eigenvalue weighted by Crippen LogP contribution is -2.35. The van der Waals surface area contributed by atoms with E-state index < -0.39 is 0 Å². The highest BCUT2D eigenvalue weighted by Crippen LogP contribution is 2.31. The lowest BCUT2D eigenvalue weighted by molar-refractivity contribution is 0.328. The minimum Gasteiger partial charge on any atom is -0.423 e. The van der Waals surface area contributed by atoms with E-state index in [2.05, 4.69) is 23.9 Å². The molecule has 1 aliphatic rings. The van der Waals surface area contributed by atoms with E-state index in [-0.39, 0.29) is 0 Å². The van der Waals surface area contributed by atoms with Gasteiger partial charge in [0, 0.05) is 24.8 Å². The lowest BCUT2D eigenvalue weighted by atomic mass is 9.86. The van der Waals surface area contributed by atoms with Crippen LogP contribution in [-0.4, -0.2) is 18.1 Å². The Morgan fingerprint density at radius 3 is 3.00 bits per heavy atom. The summed E-state index contributed by atoms with van der Waals surface area (Å²) < 4.78 is 5.83. The van der Waals surface area contributed by atoms with Crippen LogP contribution in [0.1, 0.15) is 32.6 Å². The number of fused-ring (bicyclic) bond motifs is 1. The molecule has 19 heavy (non-hydrogen) atoms. The number of nitrogens with two attached hydrogens (primary N) is 1. The van der Waals surface area contributed by atoms with Gasteiger partial charge in [0.15, 0.2) is 5.58 Å². The first-order valence-corrected chi connectivity index (χ1v) is 7.02. The molecule has 102 valence electrons. The molecule has 1 aromatic heterocycles. The Labute approximate surface area is 113 Å². The Morgan fingerprint density at radius 2 is 2.21 bits per heavy atom. The van der Waals surface area contributed by atoms with Gasteiger partial charge in [-0.25, -0.2) is 0 Å². The van der Waals surface area contributed by atoms with Crippen molar-refractivity contribution in [3.63, 3.8) is 0 Å². The zero-order chi connectivity index (χ0) is 13.4. The van der Waals surface area contributed by atoms with E-state index in [0.717, 1.165) is 17.0 Å². The Morgan fingerprint density at radius 1 is 1.37 bits per heavy atom. The molecule has 1 aliphatic carbocycles. The highest BCUT2D eigenvalue weighted by molar-refractivity contribution is 5.78. The fraction of sp³-hybridized carbons (Fsp3) is 0.533. The van der Waals surface area contributed by atoms with E-state index in [1.807, 2.05) is 18.2 Å². The van der Waals surface area contributed by atoms with Crippen LogP contribution in [0.15, 0.2) is 22.6 Å². The summed E-state index contributed by atoms with van der Waals surface area (Å²) in [6.45, 7) is 2.33. The van der Waals surface area contributed by atoms with E-state index in [4.69, 9.17) is 10.2 Å². The lowest BCUT2D eigenvalue weighted by Gasteiger charge is -2.33. The van der Waals surface area contributed by atoms with Gasteiger partial charge in [-0.2, -0.15) is 4.98 Å². The van der Waals surface area contributed by atoms with Gasteiger partial charge in [-0.1, -0.05) is 19.8 Å². The largest absolute Gasteiger partial charge is 0.423 e. The Balaban J connectivity index is 1.86. The molecule has 3 rings (SSSR count). The molecule has 0 amide bonds. The quantitative estimate of drug-likeness (QED) is 0.839. The third-order valence-corrected chi connectivity index (χ3v) is 4.16. The topological polar surface area (TPSA) is 55.3 Å². The summed E-state index contributed by atoms with van der Waals surface area (Å²) in [6.07, 6.45) is 5.08. The van der Waals surface area contributed by atoms with Crippen LogP contribution in [0.4, 0.5) is 11.7 Å². The second kappa shape index (κ2) is 4.76. The smallest absolute Gasteiger partial charge is 0.298 e. The maximum atomic E-state index is 5.83. The average molecular weight is 259 g/mol. The van der Waals surface area contributed by atoms with Crippen molar-refractivity contribution in [1.82, 2.24) is 4.98 Å². The van der Waals surface area contributed by atoms with E-state index in [0.29, 0.717) is 17.7 Å². The fourth-order valence-electron chi connectivity index (χ4n) is 2.99. The van der Waals surface area contributed by atoms with Crippen molar-refractivity contribution in [2.24, 2.45) is 5.92 Å². The Bertz CT molecular complexity index is 578. The average Bonchev–Trinajstić information content (AvgIpc) is 2.80. The van der Waals surface area contributed by atoms with Crippen molar-refractivity contribution in [1.29, 1.82) is 0 Å². The molecule has 0 bridgehead atoms. The molecular weight excluding hydrogens is 238 g/mol. The fourth-order valence-corrected chi connectivity index (χ4v) is 2.99. The van der Waals surface area contributed by atoms with E-state index in [9.17, 15) is 0 Å². The SMILES string of the molecule is CC1CCCC(N(C)c2nc3ccc(N)cc3o2)C1. The number of nitrogens with zero attached hydrogens (tertiary/aromatic N) is 2. The number of oxazole rings is 1. The standard InChI is InChI=1S/C15H21N3O/c1-10-4-3-5-12(8-10)18(2)15-17-13-7-6-11(16)9-14(13)19-15/h6-7,9-10,12H,3-5,8,16H2,1-2H3. The van der Waals surface area contributed by atoms with Gasteiger partial charge >= 0.3 is 0 Å². The molecule has 2 N–H and O–H groups in total. The predicted molar refractivity (Wildman–Crippen MR) is 78.2 cm³/mol. The normalized spacial score (nSPS) is 23.7. The minimum atomic E-state index is 0.536. The van der Waals surface area contributed by atoms with Gasteiger partial charge < -0.3 is 15.1 Å². The van der Waals surface area contributed by atoms with Gasteiger partial charge in [-0.15, -0.1) is 0 Å². The van der Waals surface area contributed by atoms with Crippen LogP contribution >= 0.6 is 0 Å². The maximum Gasteiger partial charge on any atom is 0.298 e. The number of nitrogen functional groups attached to an aromatic ring is 1. The monoisotopic (exact) mass is 259 g/mol. The van der Waals surface area contributed by atoms with E-state index >= 15 is 0 Å². The molecule has 0 aliphatic heterocycles. The molecule has 2 atom stereocenters. The van der Waals surface area contributed by atoms with Crippen molar-refractivity contribution < 1.29 is 4.42 Å². The van der Waals surface area contributed by atoms with E-state index in [1.54, 1.807) is 0 Å². The van der Waals surface area contributed by atoms with E-state index in [1.165, 1.54) is 25.7 Å². The molecule has 0 spiro atoms. The van der Waals surface area contributed by atoms with Crippen LogP contribution in [0.25, 0.3) is 11.1 Å². The third kappa shape index (κ3) is 2.39. The molecule has 1 saturated carbocycles. The van der Waals surface area contributed by atoms with Gasteiger partial charge in [-0.05, 0) is 30.9 Å². The molecule has 1 heterocycles. The highest BCUT2D eigenvalue weighted by Gasteiger charge is 2.25. The first kappa shape index (κ1) is 12.3. The summed E-state index contributed by atoms with van der Waals surface area (Å²) in [4.78, 5) is 6.74. The van der Waals surface area contributed by atoms with Crippen LogP contribution in [-0.2, 0) is 0 Å². The van der Waals surface area contributed by atoms with Gasteiger partial charge in [-0.3, -0.25) is 0 Å². The molecule has 4 heteroatoms. The number of anilines is 2. The summed E-state index contributed by atoms with van der Waals surface area (Å²) in [5.41, 5.74) is 8.13. The van der Waals surface area contributed by atoms with Gasteiger partial charge in [0.2, 0.25) is 0 Å². The molecule has 0 radical (unpaired) electrons.